The van der Waals surface area contributed by atoms with E-state index in [0.29, 0.717) is 0 Å². The number of carbonyl (C=O) groups excluding carboxylic acids is 1. The smallest absolute Gasteiger partial charge is 0.328 e. The Morgan fingerprint density at radius 2 is 1.92 bits per heavy atom. The van der Waals surface area contributed by atoms with Crippen LogP contribution in [0.3, 0.4) is 0 Å². The van der Waals surface area contributed by atoms with Gasteiger partial charge in [-0.15, -0.1) is 0 Å². The first-order chi connectivity index (χ1) is 5.37. The third kappa shape index (κ3) is 1.76. The lowest BCUT2D eigenvalue weighted by Crippen LogP contribution is -2.60. The molecule has 0 aromatic carbocycles. The predicted octanol–water partition coefficient (Wildman–Crippen LogP) is -0.106. The van der Waals surface area contributed by atoms with E-state index in [4.69, 9.17) is 5.73 Å². The van der Waals surface area contributed by atoms with E-state index < -0.39 is 17.6 Å². The topological polar surface area (TPSA) is 72.5 Å². The molecule has 0 amide bonds. The Labute approximate surface area is 72.7 Å². The summed E-state index contributed by atoms with van der Waals surface area (Å²) in [4.78, 5) is 11.2. The van der Waals surface area contributed by atoms with Crippen molar-refractivity contribution in [3.63, 3.8) is 0 Å². The minimum atomic E-state index is -1.30. The summed E-state index contributed by atoms with van der Waals surface area (Å²) in [6, 6.07) is 0. The molecule has 0 aliphatic rings. The highest BCUT2D eigenvalue weighted by molar-refractivity contribution is 5.81. The highest BCUT2D eigenvalue weighted by Crippen LogP contribution is 2.19. The zero-order chi connectivity index (χ0) is 9.94. The maximum absolute atomic E-state index is 11.2. The van der Waals surface area contributed by atoms with Crippen molar-refractivity contribution in [2.75, 3.05) is 7.11 Å². The van der Waals surface area contributed by atoms with E-state index in [2.05, 4.69) is 4.74 Å². The maximum atomic E-state index is 11.2. The molecule has 0 heterocycles. The lowest BCUT2D eigenvalue weighted by atomic mass is 9.83. The lowest BCUT2D eigenvalue weighted by Gasteiger charge is -2.32. The summed E-state index contributed by atoms with van der Waals surface area (Å²) >= 11 is 0. The van der Waals surface area contributed by atoms with Crippen LogP contribution in [0.1, 0.15) is 20.8 Å². The molecule has 0 saturated carbocycles. The number of esters is 1. The fourth-order valence-electron chi connectivity index (χ4n) is 1.07. The van der Waals surface area contributed by atoms with E-state index in [1.54, 1.807) is 13.8 Å². The van der Waals surface area contributed by atoms with Gasteiger partial charge in [0.15, 0.2) is 0 Å². The highest BCUT2D eigenvalue weighted by atomic mass is 16.5. The number of hydrogen-bond donors (Lipinski definition) is 2. The van der Waals surface area contributed by atoms with Gasteiger partial charge in [0.2, 0.25) is 0 Å². The van der Waals surface area contributed by atoms with Crippen molar-refractivity contribution in [1.29, 1.82) is 0 Å². The van der Waals surface area contributed by atoms with Gasteiger partial charge in [0.25, 0.3) is 0 Å². The summed E-state index contributed by atoms with van der Waals surface area (Å²) in [6.07, 6.45) is -0.912. The van der Waals surface area contributed by atoms with Gasteiger partial charge in [-0.05, 0) is 12.8 Å². The number of hydrogen-bond acceptors (Lipinski definition) is 4. The molecule has 12 heavy (non-hydrogen) atoms. The molecule has 2 unspecified atom stereocenters. The van der Waals surface area contributed by atoms with Gasteiger partial charge >= 0.3 is 5.97 Å². The van der Waals surface area contributed by atoms with Crippen LogP contribution in [0.2, 0.25) is 0 Å². The van der Waals surface area contributed by atoms with Gasteiger partial charge < -0.3 is 15.6 Å². The van der Waals surface area contributed by atoms with E-state index >= 15 is 0 Å². The number of nitrogens with two attached hydrogens (primary N) is 1. The Morgan fingerprint density at radius 1 is 1.50 bits per heavy atom. The van der Waals surface area contributed by atoms with Gasteiger partial charge in [0, 0.05) is 0 Å². The van der Waals surface area contributed by atoms with E-state index in [9.17, 15) is 9.90 Å². The minimum Gasteiger partial charge on any atom is -0.468 e. The molecular weight excluding hydrogens is 158 g/mol. The zero-order valence-electron chi connectivity index (χ0n) is 8.00. The average molecular weight is 175 g/mol. The number of carbonyl (C=O) groups is 1. The van der Waals surface area contributed by atoms with E-state index in [0.717, 1.165) is 0 Å². The quantitative estimate of drug-likeness (QED) is 0.587. The molecule has 0 rings (SSSR count). The Balaban J connectivity index is 4.74. The third-order valence-electron chi connectivity index (χ3n) is 2.19. The Morgan fingerprint density at radius 3 is 2.00 bits per heavy atom. The molecule has 0 fully saturated rings. The largest absolute Gasteiger partial charge is 0.468 e. The second-order valence-electron chi connectivity index (χ2n) is 3.26. The summed E-state index contributed by atoms with van der Waals surface area (Å²) in [6.45, 7) is 5.02. The molecule has 3 N–H and O–H groups in total. The fraction of sp³-hybridized carbons (Fsp3) is 0.875. The van der Waals surface area contributed by atoms with Crippen molar-refractivity contribution >= 4 is 5.97 Å². The lowest BCUT2D eigenvalue weighted by molar-refractivity contribution is -0.153. The Bertz CT molecular complexity index is 158. The summed E-state index contributed by atoms with van der Waals surface area (Å²) in [5.74, 6) is -0.738. The summed E-state index contributed by atoms with van der Waals surface area (Å²) in [5.41, 5.74) is 4.42. The van der Waals surface area contributed by atoms with Gasteiger partial charge in [-0.2, -0.15) is 0 Å². The summed E-state index contributed by atoms with van der Waals surface area (Å²) in [7, 11) is 1.26. The van der Waals surface area contributed by atoms with Crippen LogP contribution in [0.4, 0.5) is 0 Å². The van der Waals surface area contributed by atoms with Crippen LogP contribution in [0, 0.1) is 5.92 Å². The zero-order valence-corrected chi connectivity index (χ0v) is 8.00. The number of ether oxygens (including phenoxy) is 1. The minimum absolute atomic E-state index is 0.162. The monoisotopic (exact) mass is 175 g/mol. The molecule has 2 atom stereocenters. The molecule has 0 bridgehead atoms. The van der Waals surface area contributed by atoms with Gasteiger partial charge in [0.05, 0.1) is 13.2 Å². The van der Waals surface area contributed by atoms with Gasteiger partial charge in [-0.3, -0.25) is 0 Å². The van der Waals surface area contributed by atoms with Crippen molar-refractivity contribution in [3.8, 4) is 0 Å². The van der Waals surface area contributed by atoms with Crippen molar-refractivity contribution in [3.05, 3.63) is 0 Å². The number of aliphatic hydroxyl groups excluding tert-OH is 1. The van der Waals surface area contributed by atoms with Crippen LogP contribution in [-0.2, 0) is 9.53 Å². The highest BCUT2D eigenvalue weighted by Gasteiger charge is 2.43. The first-order valence-electron chi connectivity index (χ1n) is 3.92. The van der Waals surface area contributed by atoms with Crippen molar-refractivity contribution in [1.82, 2.24) is 0 Å². The molecule has 0 radical (unpaired) electrons. The third-order valence-corrected chi connectivity index (χ3v) is 2.19. The van der Waals surface area contributed by atoms with Crippen molar-refractivity contribution < 1.29 is 14.6 Å². The Kier molecular flexibility index (Phi) is 3.67. The number of methoxy groups -OCH3 is 1. The van der Waals surface area contributed by atoms with Crippen LogP contribution in [0.5, 0.6) is 0 Å². The Hall–Kier alpha value is -0.610. The van der Waals surface area contributed by atoms with Crippen molar-refractivity contribution in [2.24, 2.45) is 11.7 Å². The molecule has 0 aliphatic heterocycles. The molecule has 4 nitrogen and oxygen atoms in total. The molecule has 0 spiro atoms. The van der Waals surface area contributed by atoms with Crippen LogP contribution in [0.15, 0.2) is 0 Å². The van der Waals surface area contributed by atoms with Gasteiger partial charge in [-0.1, -0.05) is 13.8 Å². The fourth-order valence-corrected chi connectivity index (χ4v) is 1.07. The average Bonchev–Trinajstić information content (AvgIpc) is 2.00. The molecule has 0 aliphatic carbocycles. The molecule has 0 saturated heterocycles. The predicted molar refractivity (Wildman–Crippen MR) is 45.5 cm³/mol. The van der Waals surface area contributed by atoms with Gasteiger partial charge in [-0.25, -0.2) is 4.79 Å². The van der Waals surface area contributed by atoms with E-state index in [1.807, 2.05) is 0 Å². The van der Waals surface area contributed by atoms with Crippen molar-refractivity contribution in [2.45, 2.75) is 32.4 Å². The maximum Gasteiger partial charge on any atom is 0.328 e. The van der Waals surface area contributed by atoms with E-state index in [1.165, 1.54) is 14.0 Å². The van der Waals surface area contributed by atoms with Gasteiger partial charge in [0.1, 0.15) is 5.54 Å². The first kappa shape index (κ1) is 11.4. The molecular formula is C8H17NO3. The van der Waals surface area contributed by atoms with E-state index in [-0.39, 0.29) is 5.92 Å². The van der Waals surface area contributed by atoms with Crippen LogP contribution < -0.4 is 5.73 Å². The second kappa shape index (κ2) is 3.87. The van der Waals surface area contributed by atoms with Crippen LogP contribution in [-0.4, -0.2) is 29.8 Å². The number of aliphatic hydroxyl groups is 1. The van der Waals surface area contributed by atoms with Crippen LogP contribution >= 0.6 is 0 Å². The second-order valence-corrected chi connectivity index (χ2v) is 3.26. The first-order valence-corrected chi connectivity index (χ1v) is 3.92. The standard InChI is InChI=1S/C8H17NO3/c1-5(2)8(9,6(3)10)7(11)12-4/h5-6,10H,9H2,1-4H3. The summed E-state index contributed by atoms with van der Waals surface area (Å²) in [5, 5.41) is 9.32. The van der Waals surface area contributed by atoms with Crippen LogP contribution in [0.25, 0.3) is 0 Å². The summed E-state index contributed by atoms with van der Waals surface area (Å²) < 4.78 is 4.51. The normalized spacial score (nSPS) is 18.6. The number of rotatable bonds is 3. The molecule has 4 heteroatoms. The SMILES string of the molecule is COC(=O)C(N)(C(C)C)C(C)O. The molecule has 72 valence electrons. The molecule has 0 aromatic rings. The molecule has 0 aromatic heterocycles.